The molecule has 0 saturated carbocycles. The van der Waals surface area contributed by atoms with Gasteiger partial charge in [0.15, 0.2) is 11.6 Å². The number of hydrogen-bond acceptors (Lipinski definition) is 2. The number of hydrogen-bond donors (Lipinski definition) is 1. The molecule has 2 rings (SSSR count). The molecular formula is C14H13BrFNO. The molecule has 2 N–H and O–H groups in total. The van der Waals surface area contributed by atoms with Crippen molar-refractivity contribution in [3.05, 3.63) is 58.3 Å². The highest BCUT2D eigenvalue weighted by Gasteiger charge is 2.10. The minimum atomic E-state index is -0.413. The van der Waals surface area contributed by atoms with E-state index in [0.29, 0.717) is 10.2 Å². The van der Waals surface area contributed by atoms with Crippen molar-refractivity contribution < 1.29 is 9.13 Å². The van der Waals surface area contributed by atoms with Crippen LogP contribution in [-0.2, 0) is 0 Å². The topological polar surface area (TPSA) is 35.2 Å². The van der Waals surface area contributed by atoms with Gasteiger partial charge in [-0.3, -0.25) is 0 Å². The van der Waals surface area contributed by atoms with Gasteiger partial charge in [0.1, 0.15) is 5.75 Å². The van der Waals surface area contributed by atoms with Gasteiger partial charge in [-0.25, -0.2) is 4.39 Å². The van der Waals surface area contributed by atoms with Gasteiger partial charge < -0.3 is 10.5 Å². The van der Waals surface area contributed by atoms with E-state index in [0.717, 1.165) is 5.56 Å². The van der Waals surface area contributed by atoms with E-state index >= 15 is 0 Å². The van der Waals surface area contributed by atoms with Crippen molar-refractivity contribution in [1.29, 1.82) is 0 Å². The highest BCUT2D eigenvalue weighted by molar-refractivity contribution is 9.10. The van der Waals surface area contributed by atoms with Crippen LogP contribution < -0.4 is 10.5 Å². The first-order valence-electron chi connectivity index (χ1n) is 5.55. The van der Waals surface area contributed by atoms with Gasteiger partial charge in [-0.05, 0) is 31.2 Å². The Bertz CT molecular complexity index is 557. The standard InChI is InChI=1S/C14H13BrFNO/c1-9(17)11-4-2-3-5-13(11)18-14-7-6-10(15)8-12(14)16/h2-9H,17H2,1H3/t9-/m0/s1. The van der Waals surface area contributed by atoms with Crippen LogP contribution in [0.1, 0.15) is 18.5 Å². The summed E-state index contributed by atoms with van der Waals surface area (Å²) >= 11 is 3.20. The molecule has 0 saturated heterocycles. The highest BCUT2D eigenvalue weighted by Crippen LogP contribution is 2.31. The fraction of sp³-hybridized carbons (Fsp3) is 0.143. The maximum atomic E-state index is 13.7. The number of para-hydroxylation sites is 1. The van der Waals surface area contributed by atoms with Crippen LogP contribution in [0.3, 0.4) is 0 Å². The van der Waals surface area contributed by atoms with Crippen LogP contribution in [0, 0.1) is 5.82 Å². The number of halogens is 2. The molecule has 0 bridgehead atoms. The van der Waals surface area contributed by atoms with Crippen molar-refractivity contribution in [2.45, 2.75) is 13.0 Å². The lowest BCUT2D eigenvalue weighted by Gasteiger charge is -2.13. The van der Waals surface area contributed by atoms with Crippen molar-refractivity contribution in [2.24, 2.45) is 5.73 Å². The van der Waals surface area contributed by atoms with E-state index < -0.39 is 5.82 Å². The largest absolute Gasteiger partial charge is 0.454 e. The van der Waals surface area contributed by atoms with Crippen LogP contribution in [0.5, 0.6) is 11.5 Å². The zero-order chi connectivity index (χ0) is 13.1. The van der Waals surface area contributed by atoms with Crippen LogP contribution in [-0.4, -0.2) is 0 Å². The third-order valence-corrected chi connectivity index (χ3v) is 3.02. The first-order chi connectivity index (χ1) is 8.58. The number of benzene rings is 2. The molecule has 0 amide bonds. The summed E-state index contributed by atoms with van der Waals surface area (Å²) in [7, 11) is 0. The molecule has 0 radical (unpaired) electrons. The Kier molecular flexibility index (Phi) is 3.99. The lowest BCUT2D eigenvalue weighted by molar-refractivity contribution is 0.435. The molecule has 0 fully saturated rings. The number of rotatable bonds is 3. The Balaban J connectivity index is 2.34. The fourth-order valence-corrected chi connectivity index (χ4v) is 1.96. The van der Waals surface area contributed by atoms with E-state index in [-0.39, 0.29) is 11.8 Å². The molecule has 0 spiro atoms. The monoisotopic (exact) mass is 309 g/mol. The highest BCUT2D eigenvalue weighted by atomic mass is 79.9. The summed E-state index contributed by atoms with van der Waals surface area (Å²) < 4.78 is 19.9. The van der Waals surface area contributed by atoms with Crippen molar-refractivity contribution in [2.75, 3.05) is 0 Å². The van der Waals surface area contributed by atoms with Crippen molar-refractivity contribution in [3.8, 4) is 11.5 Å². The van der Waals surface area contributed by atoms with Gasteiger partial charge in [-0.15, -0.1) is 0 Å². The molecule has 2 nitrogen and oxygen atoms in total. The average molecular weight is 310 g/mol. The van der Waals surface area contributed by atoms with Gasteiger partial charge in [0.2, 0.25) is 0 Å². The second kappa shape index (κ2) is 5.50. The van der Waals surface area contributed by atoms with Gasteiger partial charge in [-0.2, -0.15) is 0 Å². The third-order valence-electron chi connectivity index (χ3n) is 2.52. The quantitative estimate of drug-likeness (QED) is 0.912. The molecule has 0 aliphatic carbocycles. The molecule has 0 unspecified atom stereocenters. The van der Waals surface area contributed by atoms with E-state index in [4.69, 9.17) is 10.5 Å². The van der Waals surface area contributed by atoms with Gasteiger partial charge in [0.25, 0.3) is 0 Å². The smallest absolute Gasteiger partial charge is 0.166 e. The summed E-state index contributed by atoms with van der Waals surface area (Å²) in [6, 6.07) is 11.9. The molecule has 94 valence electrons. The minimum absolute atomic E-state index is 0.167. The number of ether oxygens (including phenoxy) is 1. The Hall–Kier alpha value is -1.39. The predicted molar refractivity (Wildman–Crippen MR) is 73.2 cm³/mol. The van der Waals surface area contributed by atoms with Crippen molar-refractivity contribution in [3.63, 3.8) is 0 Å². The van der Waals surface area contributed by atoms with Crippen molar-refractivity contribution >= 4 is 15.9 Å². The van der Waals surface area contributed by atoms with E-state index in [1.807, 2.05) is 25.1 Å². The van der Waals surface area contributed by atoms with Crippen LogP contribution >= 0.6 is 15.9 Å². The first-order valence-corrected chi connectivity index (χ1v) is 6.34. The van der Waals surface area contributed by atoms with E-state index in [9.17, 15) is 4.39 Å². The zero-order valence-corrected chi connectivity index (χ0v) is 11.4. The van der Waals surface area contributed by atoms with Gasteiger partial charge >= 0.3 is 0 Å². The lowest BCUT2D eigenvalue weighted by Crippen LogP contribution is -2.06. The normalized spacial score (nSPS) is 12.2. The molecule has 4 heteroatoms. The zero-order valence-electron chi connectivity index (χ0n) is 9.86. The van der Waals surface area contributed by atoms with Crippen LogP contribution in [0.4, 0.5) is 4.39 Å². The Morgan fingerprint density at radius 2 is 1.89 bits per heavy atom. The molecule has 1 atom stereocenters. The maximum Gasteiger partial charge on any atom is 0.166 e. The summed E-state index contributed by atoms with van der Waals surface area (Å²) in [5.74, 6) is 0.351. The first kappa shape index (κ1) is 13.1. The lowest BCUT2D eigenvalue weighted by atomic mass is 10.1. The Morgan fingerprint density at radius 3 is 2.56 bits per heavy atom. The third kappa shape index (κ3) is 2.89. The van der Waals surface area contributed by atoms with Gasteiger partial charge in [-0.1, -0.05) is 34.1 Å². The van der Waals surface area contributed by atoms with Crippen LogP contribution in [0.2, 0.25) is 0 Å². The van der Waals surface area contributed by atoms with Gasteiger partial charge in [0.05, 0.1) is 0 Å². The molecule has 0 aromatic heterocycles. The second-order valence-corrected chi connectivity index (χ2v) is 4.92. The second-order valence-electron chi connectivity index (χ2n) is 4.00. The molecular weight excluding hydrogens is 297 g/mol. The van der Waals surface area contributed by atoms with Gasteiger partial charge in [0, 0.05) is 16.1 Å². The fourth-order valence-electron chi connectivity index (χ4n) is 1.63. The molecule has 0 aliphatic rings. The van der Waals surface area contributed by atoms with E-state index in [1.54, 1.807) is 18.2 Å². The van der Waals surface area contributed by atoms with E-state index in [2.05, 4.69) is 15.9 Å². The van der Waals surface area contributed by atoms with Crippen molar-refractivity contribution in [1.82, 2.24) is 0 Å². The summed E-state index contributed by atoms with van der Waals surface area (Å²) in [5, 5.41) is 0. The Morgan fingerprint density at radius 1 is 1.17 bits per heavy atom. The Labute approximate surface area is 114 Å². The summed E-state index contributed by atoms with van der Waals surface area (Å²) in [4.78, 5) is 0. The molecule has 0 heterocycles. The predicted octanol–water partition coefficient (Wildman–Crippen LogP) is 4.40. The summed E-state index contributed by atoms with van der Waals surface area (Å²) in [5.41, 5.74) is 6.70. The van der Waals surface area contributed by atoms with E-state index in [1.165, 1.54) is 6.07 Å². The summed E-state index contributed by atoms with van der Waals surface area (Å²) in [6.45, 7) is 1.86. The minimum Gasteiger partial charge on any atom is -0.454 e. The van der Waals surface area contributed by atoms with Crippen LogP contribution in [0.15, 0.2) is 46.9 Å². The summed E-state index contributed by atoms with van der Waals surface area (Å²) in [6.07, 6.45) is 0. The molecule has 0 aliphatic heterocycles. The maximum absolute atomic E-state index is 13.7. The molecule has 2 aromatic rings. The van der Waals surface area contributed by atoms with Crippen LogP contribution in [0.25, 0.3) is 0 Å². The average Bonchev–Trinajstić information content (AvgIpc) is 2.33. The molecule has 2 aromatic carbocycles. The number of nitrogens with two attached hydrogens (primary N) is 1. The SMILES string of the molecule is C[C@H](N)c1ccccc1Oc1ccc(Br)cc1F. The molecule has 18 heavy (non-hydrogen) atoms.